The number of sulfonamides is 1. The lowest BCUT2D eigenvalue weighted by atomic mass is 10.1. The van der Waals surface area contributed by atoms with Gasteiger partial charge in [-0.25, -0.2) is 8.42 Å². The summed E-state index contributed by atoms with van der Waals surface area (Å²) in [5, 5.41) is 0. The van der Waals surface area contributed by atoms with Crippen molar-refractivity contribution in [3.8, 4) is 0 Å². The van der Waals surface area contributed by atoms with Crippen molar-refractivity contribution in [2.75, 3.05) is 32.7 Å². The van der Waals surface area contributed by atoms with Gasteiger partial charge in [-0.2, -0.15) is 4.31 Å². The minimum absolute atomic E-state index is 0.0578. The number of carbonyl (C=O) groups excluding carboxylic acids is 2. The van der Waals surface area contributed by atoms with Crippen LogP contribution in [0.4, 0.5) is 0 Å². The number of piperazine rings is 1. The monoisotopic (exact) mass is 457 g/mol. The molecule has 1 atom stereocenters. The zero-order chi connectivity index (χ0) is 22.3. The van der Waals surface area contributed by atoms with Gasteiger partial charge in [0.15, 0.2) is 0 Å². The molecule has 1 aliphatic carbocycles. The average molecular weight is 458 g/mol. The van der Waals surface area contributed by atoms with E-state index >= 15 is 0 Å². The highest BCUT2D eigenvalue weighted by atomic mass is 32.2. The number of hydrogen-bond acceptors (Lipinski definition) is 5. The first kappa shape index (κ1) is 21.2. The van der Waals surface area contributed by atoms with Crippen molar-refractivity contribution in [3.63, 3.8) is 0 Å². The molecule has 32 heavy (non-hydrogen) atoms. The molecule has 0 bridgehead atoms. The van der Waals surface area contributed by atoms with Crippen LogP contribution in [0.3, 0.4) is 0 Å². The Labute approximate surface area is 187 Å². The largest absolute Gasteiger partial charge is 0.467 e. The van der Waals surface area contributed by atoms with Crippen molar-refractivity contribution in [2.45, 2.75) is 37.1 Å². The predicted molar refractivity (Wildman–Crippen MR) is 116 cm³/mol. The molecule has 0 N–H and O–H groups in total. The second-order valence-electron chi connectivity index (χ2n) is 8.77. The molecular weight excluding hydrogens is 430 g/mol. The van der Waals surface area contributed by atoms with Crippen molar-refractivity contribution in [1.29, 1.82) is 0 Å². The van der Waals surface area contributed by atoms with Crippen LogP contribution in [-0.4, -0.2) is 67.1 Å². The standard InChI is InChI=1S/C23H27N3O5S/c27-22-14-19(15-25(22)16-20-5-2-12-31-20)23(28)24-8-10-26(11-9-24)32(29,30)21-7-6-17-3-1-4-18(17)13-21/h2,5-7,12-13,19H,1,3-4,8-11,14-16H2. The fraction of sp³-hybridized carbons (Fsp3) is 0.478. The number of hydrogen-bond donors (Lipinski definition) is 0. The Hall–Kier alpha value is -2.65. The number of likely N-dealkylation sites (tertiary alicyclic amines) is 1. The van der Waals surface area contributed by atoms with Crippen LogP contribution < -0.4 is 0 Å². The Kier molecular flexibility index (Phi) is 5.54. The SMILES string of the molecule is O=C1CC(C(=O)N2CCN(S(=O)(=O)c3ccc4c(c3)CCC4)CC2)CN1Cc1ccco1. The van der Waals surface area contributed by atoms with Crippen LogP contribution in [-0.2, 0) is 39.0 Å². The molecule has 1 aromatic heterocycles. The molecule has 5 rings (SSSR count). The van der Waals surface area contributed by atoms with Gasteiger partial charge in [-0.1, -0.05) is 6.07 Å². The Morgan fingerprint density at radius 3 is 2.59 bits per heavy atom. The first-order chi connectivity index (χ1) is 15.4. The van der Waals surface area contributed by atoms with Gasteiger partial charge in [0.2, 0.25) is 21.8 Å². The second-order valence-corrected chi connectivity index (χ2v) is 10.7. The predicted octanol–water partition coefficient (Wildman–Crippen LogP) is 1.65. The summed E-state index contributed by atoms with van der Waals surface area (Å²) in [5.74, 6) is 0.168. The highest BCUT2D eigenvalue weighted by Crippen LogP contribution is 2.27. The van der Waals surface area contributed by atoms with E-state index in [1.165, 1.54) is 9.87 Å². The van der Waals surface area contributed by atoms with E-state index in [1.54, 1.807) is 28.2 Å². The third-order valence-corrected chi connectivity index (χ3v) is 8.64. The van der Waals surface area contributed by atoms with E-state index in [-0.39, 0.29) is 31.3 Å². The number of furan rings is 1. The molecule has 3 heterocycles. The fourth-order valence-electron chi connectivity index (χ4n) is 4.95. The summed E-state index contributed by atoms with van der Waals surface area (Å²) >= 11 is 0. The van der Waals surface area contributed by atoms with Gasteiger partial charge in [0, 0.05) is 39.1 Å². The zero-order valence-corrected chi connectivity index (χ0v) is 18.7. The second kappa shape index (κ2) is 8.37. The lowest BCUT2D eigenvalue weighted by Gasteiger charge is -2.35. The highest BCUT2D eigenvalue weighted by molar-refractivity contribution is 7.89. The minimum Gasteiger partial charge on any atom is -0.467 e. The van der Waals surface area contributed by atoms with Crippen molar-refractivity contribution >= 4 is 21.8 Å². The topological polar surface area (TPSA) is 91.1 Å². The Morgan fingerprint density at radius 2 is 1.84 bits per heavy atom. The normalized spacial score (nSPS) is 21.9. The maximum atomic E-state index is 13.1. The molecular formula is C23H27N3O5S. The van der Waals surface area contributed by atoms with Gasteiger partial charge in [0.05, 0.1) is 23.6 Å². The van der Waals surface area contributed by atoms with Crippen LogP contribution in [0.2, 0.25) is 0 Å². The molecule has 2 aliphatic heterocycles. The number of aryl methyl sites for hydroxylation is 2. The van der Waals surface area contributed by atoms with Crippen molar-refractivity contribution < 1.29 is 22.4 Å². The first-order valence-electron chi connectivity index (χ1n) is 11.1. The maximum Gasteiger partial charge on any atom is 0.243 e. The molecule has 2 saturated heterocycles. The van der Waals surface area contributed by atoms with Crippen LogP contribution in [0.1, 0.15) is 29.7 Å². The van der Waals surface area contributed by atoms with E-state index < -0.39 is 15.9 Å². The summed E-state index contributed by atoms with van der Waals surface area (Å²) in [5.41, 5.74) is 2.37. The quantitative estimate of drug-likeness (QED) is 0.681. The van der Waals surface area contributed by atoms with Crippen LogP contribution in [0.25, 0.3) is 0 Å². The van der Waals surface area contributed by atoms with E-state index in [9.17, 15) is 18.0 Å². The Morgan fingerprint density at radius 1 is 1.06 bits per heavy atom. The highest BCUT2D eigenvalue weighted by Gasteiger charge is 2.38. The molecule has 2 amide bonds. The molecule has 3 aliphatic rings. The summed E-state index contributed by atoms with van der Waals surface area (Å²) in [6, 6.07) is 9.03. The van der Waals surface area contributed by atoms with Crippen LogP contribution in [0.5, 0.6) is 0 Å². The molecule has 8 nitrogen and oxygen atoms in total. The van der Waals surface area contributed by atoms with Gasteiger partial charge < -0.3 is 14.2 Å². The summed E-state index contributed by atoms with van der Waals surface area (Å²) in [6.07, 6.45) is 4.77. The smallest absolute Gasteiger partial charge is 0.243 e. The Balaban J connectivity index is 1.19. The van der Waals surface area contributed by atoms with E-state index in [4.69, 9.17) is 4.42 Å². The number of carbonyl (C=O) groups is 2. The molecule has 1 aromatic carbocycles. The van der Waals surface area contributed by atoms with Crippen LogP contribution in [0, 0.1) is 5.92 Å². The molecule has 0 saturated carbocycles. The maximum absolute atomic E-state index is 13.1. The molecule has 2 aromatic rings. The number of amides is 2. The Bertz CT molecular complexity index is 1120. The minimum atomic E-state index is -3.58. The molecule has 9 heteroatoms. The molecule has 2 fully saturated rings. The van der Waals surface area contributed by atoms with Gasteiger partial charge in [0.25, 0.3) is 0 Å². The third kappa shape index (κ3) is 3.95. The summed E-state index contributed by atoms with van der Waals surface area (Å²) in [6.45, 7) is 1.94. The number of benzene rings is 1. The number of fused-ring (bicyclic) bond motifs is 1. The molecule has 1 unspecified atom stereocenters. The lowest BCUT2D eigenvalue weighted by molar-refractivity contribution is -0.137. The molecule has 170 valence electrons. The van der Waals surface area contributed by atoms with Gasteiger partial charge in [-0.15, -0.1) is 0 Å². The first-order valence-corrected chi connectivity index (χ1v) is 12.6. The van der Waals surface area contributed by atoms with Crippen LogP contribution in [0.15, 0.2) is 45.9 Å². The summed E-state index contributed by atoms with van der Waals surface area (Å²) in [4.78, 5) is 29.0. The third-order valence-electron chi connectivity index (χ3n) is 6.75. The van der Waals surface area contributed by atoms with Gasteiger partial charge >= 0.3 is 0 Å². The van der Waals surface area contributed by atoms with E-state index in [2.05, 4.69) is 0 Å². The zero-order valence-electron chi connectivity index (χ0n) is 17.9. The van der Waals surface area contributed by atoms with Crippen LogP contribution >= 0.6 is 0 Å². The van der Waals surface area contributed by atoms with E-state index in [0.717, 1.165) is 24.8 Å². The lowest BCUT2D eigenvalue weighted by Crippen LogP contribution is -2.52. The van der Waals surface area contributed by atoms with Gasteiger partial charge in [0.1, 0.15) is 5.76 Å². The average Bonchev–Trinajstić information content (AvgIpc) is 3.55. The van der Waals surface area contributed by atoms with Crippen molar-refractivity contribution in [2.24, 2.45) is 5.92 Å². The molecule has 0 spiro atoms. The molecule has 0 radical (unpaired) electrons. The summed E-state index contributed by atoms with van der Waals surface area (Å²) in [7, 11) is -3.58. The number of nitrogens with zero attached hydrogens (tertiary/aromatic N) is 3. The fourth-order valence-corrected chi connectivity index (χ4v) is 6.42. The van der Waals surface area contributed by atoms with Gasteiger partial charge in [-0.3, -0.25) is 9.59 Å². The van der Waals surface area contributed by atoms with E-state index in [1.807, 2.05) is 18.2 Å². The van der Waals surface area contributed by atoms with Crippen molar-refractivity contribution in [3.05, 3.63) is 53.5 Å². The number of rotatable bonds is 5. The van der Waals surface area contributed by atoms with Gasteiger partial charge in [-0.05, 0) is 54.7 Å². The summed E-state index contributed by atoms with van der Waals surface area (Å²) < 4.78 is 33.0. The van der Waals surface area contributed by atoms with Crippen molar-refractivity contribution in [1.82, 2.24) is 14.1 Å². The van der Waals surface area contributed by atoms with E-state index in [0.29, 0.717) is 36.8 Å².